The van der Waals surface area contributed by atoms with Gasteiger partial charge in [-0.3, -0.25) is 4.98 Å². The molecule has 148 valence electrons. The molecule has 0 aliphatic carbocycles. The number of piperidine rings is 1. The maximum absolute atomic E-state index is 14.3. The van der Waals surface area contributed by atoms with Crippen molar-refractivity contribution in [3.63, 3.8) is 0 Å². The van der Waals surface area contributed by atoms with Crippen LogP contribution in [0.15, 0.2) is 42.6 Å². The van der Waals surface area contributed by atoms with Crippen molar-refractivity contribution in [2.24, 2.45) is 0 Å². The van der Waals surface area contributed by atoms with Crippen molar-refractivity contribution in [2.75, 3.05) is 23.7 Å². The van der Waals surface area contributed by atoms with Gasteiger partial charge in [-0.2, -0.15) is 5.26 Å². The molecule has 2 aromatic heterocycles. The second-order valence-electron chi connectivity index (χ2n) is 7.11. The maximum atomic E-state index is 14.3. The number of aromatic nitrogens is 2. The van der Waals surface area contributed by atoms with Gasteiger partial charge in [0.05, 0.1) is 12.1 Å². The van der Waals surface area contributed by atoms with Crippen molar-refractivity contribution in [2.45, 2.75) is 19.3 Å². The Kier molecular flexibility index (Phi) is 5.28. The highest BCUT2D eigenvalue weighted by atomic mass is 19.1. The van der Waals surface area contributed by atoms with Gasteiger partial charge in [0.25, 0.3) is 0 Å². The van der Waals surface area contributed by atoms with Crippen molar-refractivity contribution in [1.29, 1.82) is 5.26 Å². The first-order valence-corrected chi connectivity index (χ1v) is 9.71. The molecule has 1 aromatic carbocycles. The second-order valence-corrected chi connectivity index (χ2v) is 7.11. The fraction of sp³-hybridized carbons (Fsp3) is 0.217. The normalized spacial score (nSPS) is 13.5. The van der Waals surface area contributed by atoms with E-state index in [1.807, 2.05) is 0 Å². The Balaban J connectivity index is 1.93. The number of nitrogens with two attached hydrogens (primary N) is 1. The van der Waals surface area contributed by atoms with Crippen LogP contribution in [0, 0.1) is 23.7 Å². The molecule has 0 bridgehead atoms. The van der Waals surface area contributed by atoms with Crippen LogP contribution >= 0.6 is 0 Å². The van der Waals surface area contributed by atoms with Crippen LogP contribution in [0.1, 0.15) is 24.8 Å². The SMILES string of the molecule is [C-]#[N+]c1c(N)nc(N2CCCCC2)c(C#N)c1-c1cccc(-c2ncccc2F)c1. The van der Waals surface area contributed by atoms with Gasteiger partial charge < -0.3 is 10.6 Å². The smallest absolute Gasteiger partial charge is 0.237 e. The van der Waals surface area contributed by atoms with E-state index in [1.54, 1.807) is 24.3 Å². The van der Waals surface area contributed by atoms with E-state index in [1.165, 1.54) is 18.3 Å². The van der Waals surface area contributed by atoms with Crippen LogP contribution in [0.3, 0.4) is 0 Å². The molecule has 6 nitrogen and oxygen atoms in total. The third kappa shape index (κ3) is 3.42. The Morgan fingerprint density at radius 2 is 1.90 bits per heavy atom. The van der Waals surface area contributed by atoms with Crippen LogP contribution in [0.2, 0.25) is 0 Å². The van der Waals surface area contributed by atoms with Crippen LogP contribution in [0.25, 0.3) is 27.2 Å². The first-order valence-electron chi connectivity index (χ1n) is 9.71. The number of nitrogen functional groups attached to an aromatic ring is 1. The van der Waals surface area contributed by atoms with Gasteiger partial charge >= 0.3 is 0 Å². The third-order valence-corrected chi connectivity index (χ3v) is 5.24. The van der Waals surface area contributed by atoms with Crippen molar-refractivity contribution >= 4 is 17.3 Å². The number of nitrogens with zero attached hydrogens (tertiary/aromatic N) is 5. The number of nitriles is 1. The summed E-state index contributed by atoms with van der Waals surface area (Å²) in [5.41, 5.74) is 8.38. The van der Waals surface area contributed by atoms with Gasteiger partial charge in [0.1, 0.15) is 29.2 Å². The second kappa shape index (κ2) is 8.18. The lowest BCUT2D eigenvalue weighted by molar-refractivity contribution is 0.573. The molecule has 0 saturated carbocycles. The lowest BCUT2D eigenvalue weighted by Gasteiger charge is -2.29. The highest BCUT2D eigenvalue weighted by Gasteiger charge is 2.24. The average Bonchev–Trinajstić information content (AvgIpc) is 2.79. The number of anilines is 2. The van der Waals surface area contributed by atoms with E-state index in [-0.39, 0.29) is 17.2 Å². The van der Waals surface area contributed by atoms with E-state index in [0.717, 1.165) is 32.4 Å². The molecule has 0 amide bonds. The largest absolute Gasteiger partial charge is 0.392 e. The molecule has 3 aromatic rings. The molecule has 0 atom stereocenters. The predicted octanol–water partition coefficient (Wildman–Crippen LogP) is 4.94. The highest BCUT2D eigenvalue weighted by Crippen LogP contribution is 2.42. The quantitative estimate of drug-likeness (QED) is 0.632. The molecule has 1 aliphatic rings. The molecular formula is C23H19FN6. The van der Waals surface area contributed by atoms with Gasteiger partial charge in [-0.1, -0.05) is 18.2 Å². The molecule has 0 unspecified atom stereocenters. The fourth-order valence-electron chi connectivity index (χ4n) is 3.84. The number of hydrogen-bond donors (Lipinski definition) is 1. The molecule has 0 spiro atoms. The Bertz CT molecular complexity index is 1190. The summed E-state index contributed by atoms with van der Waals surface area (Å²) in [6.07, 6.45) is 4.69. The first kappa shape index (κ1) is 19.4. The summed E-state index contributed by atoms with van der Waals surface area (Å²) >= 11 is 0. The molecule has 1 fully saturated rings. The molecule has 3 heterocycles. The van der Waals surface area contributed by atoms with E-state index in [4.69, 9.17) is 12.3 Å². The zero-order valence-corrected chi connectivity index (χ0v) is 16.3. The zero-order chi connectivity index (χ0) is 21.1. The van der Waals surface area contributed by atoms with Crippen LogP contribution in [0.5, 0.6) is 0 Å². The van der Waals surface area contributed by atoms with E-state index < -0.39 is 5.82 Å². The number of benzene rings is 1. The van der Waals surface area contributed by atoms with Crippen molar-refractivity contribution in [3.8, 4) is 28.5 Å². The molecule has 30 heavy (non-hydrogen) atoms. The number of pyridine rings is 2. The maximum Gasteiger partial charge on any atom is 0.237 e. The monoisotopic (exact) mass is 398 g/mol. The van der Waals surface area contributed by atoms with Gasteiger partial charge in [-0.25, -0.2) is 14.2 Å². The Hall–Kier alpha value is -3.97. The van der Waals surface area contributed by atoms with Crippen molar-refractivity contribution in [1.82, 2.24) is 9.97 Å². The van der Waals surface area contributed by atoms with Crippen molar-refractivity contribution < 1.29 is 4.39 Å². The minimum absolute atomic E-state index is 0.0917. The third-order valence-electron chi connectivity index (χ3n) is 5.24. The molecule has 2 N–H and O–H groups in total. The van der Waals surface area contributed by atoms with Gasteiger partial charge in [-0.05, 0) is 43.0 Å². The molecule has 1 aliphatic heterocycles. The zero-order valence-electron chi connectivity index (χ0n) is 16.3. The van der Waals surface area contributed by atoms with Crippen molar-refractivity contribution in [3.05, 3.63) is 65.4 Å². The van der Waals surface area contributed by atoms with E-state index >= 15 is 0 Å². The Labute approximate surface area is 174 Å². The van der Waals surface area contributed by atoms with E-state index in [0.29, 0.717) is 28.1 Å². The predicted molar refractivity (Wildman–Crippen MR) is 114 cm³/mol. The van der Waals surface area contributed by atoms with E-state index in [2.05, 4.69) is 25.8 Å². The van der Waals surface area contributed by atoms with Gasteiger partial charge in [0.2, 0.25) is 5.69 Å². The summed E-state index contributed by atoms with van der Waals surface area (Å²) < 4.78 is 14.3. The molecule has 4 rings (SSSR count). The number of rotatable bonds is 3. The molecule has 7 heteroatoms. The average molecular weight is 398 g/mol. The van der Waals surface area contributed by atoms with Crippen LogP contribution in [0.4, 0.5) is 21.7 Å². The number of halogens is 1. The van der Waals surface area contributed by atoms with Crippen LogP contribution in [-0.2, 0) is 0 Å². The summed E-state index contributed by atoms with van der Waals surface area (Å²) in [7, 11) is 0. The highest BCUT2D eigenvalue weighted by molar-refractivity contribution is 5.93. The summed E-state index contributed by atoms with van der Waals surface area (Å²) in [6, 6.07) is 12.1. The molecule has 1 saturated heterocycles. The Morgan fingerprint density at radius 3 is 2.60 bits per heavy atom. The molecule has 0 radical (unpaired) electrons. The minimum atomic E-state index is -0.441. The van der Waals surface area contributed by atoms with E-state index in [9.17, 15) is 9.65 Å². The van der Waals surface area contributed by atoms with Gasteiger partial charge in [-0.15, -0.1) is 0 Å². The van der Waals surface area contributed by atoms with Crippen LogP contribution in [-0.4, -0.2) is 23.1 Å². The summed E-state index contributed by atoms with van der Waals surface area (Å²) in [4.78, 5) is 14.2. The van der Waals surface area contributed by atoms with Gasteiger partial charge in [0, 0.05) is 30.4 Å². The first-order chi connectivity index (χ1) is 14.6. The fourth-order valence-corrected chi connectivity index (χ4v) is 3.84. The molecular weight excluding hydrogens is 379 g/mol. The van der Waals surface area contributed by atoms with Crippen LogP contribution < -0.4 is 10.6 Å². The summed E-state index contributed by atoms with van der Waals surface area (Å²) in [5, 5.41) is 10.00. The number of hydrogen-bond acceptors (Lipinski definition) is 5. The summed E-state index contributed by atoms with van der Waals surface area (Å²) in [6.45, 7) is 9.20. The topological polar surface area (TPSA) is 83.2 Å². The summed E-state index contributed by atoms with van der Waals surface area (Å²) in [5.74, 6) is 0.157. The van der Waals surface area contributed by atoms with Gasteiger partial charge in [0.15, 0.2) is 0 Å². The minimum Gasteiger partial charge on any atom is -0.392 e. The Morgan fingerprint density at radius 1 is 1.13 bits per heavy atom. The lowest BCUT2D eigenvalue weighted by Crippen LogP contribution is -2.31. The standard InChI is InChI=1S/C23H19FN6/c1-27-21-19(15-7-5-8-16(13-15)20-18(24)9-6-10-28-20)17(14-25)23(29-22(21)26)30-11-3-2-4-12-30/h5-10,13H,2-4,11-12H2,(H2,26,29). The lowest BCUT2D eigenvalue weighted by atomic mass is 9.96.